The Hall–Kier alpha value is 0.01000. The number of allylic oxidation sites excluding steroid dienone is 1. The molecule has 0 aliphatic rings. The summed E-state index contributed by atoms with van der Waals surface area (Å²) in [6, 6.07) is 0. The van der Waals surface area contributed by atoms with Crippen molar-refractivity contribution < 1.29 is 18.3 Å². The Morgan fingerprint density at radius 3 is 2.62 bits per heavy atom. The van der Waals surface area contributed by atoms with Crippen LogP contribution in [0.2, 0.25) is 0 Å². The van der Waals surface area contributed by atoms with Crippen molar-refractivity contribution in [3.05, 3.63) is 12.0 Å². The fraction of sp³-hybridized carbons (Fsp3) is 0.714. The van der Waals surface area contributed by atoms with E-state index in [0.717, 1.165) is 0 Å². The zero-order valence-corrected chi connectivity index (χ0v) is 10.4. The molecule has 0 aromatic carbocycles. The molecule has 0 amide bonds. The molecular formula is C7H14BrO4P. The first-order valence-corrected chi connectivity index (χ1v) is 6.86. The van der Waals surface area contributed by atoms with Crippen molar-refractivity contribution in [3.63, 3.8) is 0 Å². The van der Waals surface area contributed by atoms with Crippen molar-refractivity contribution >= 4 is 23.5 Å². The SMILES string of the molecule is CCO/C(=C/OP(C)(=O)OC)CBr. The van der Waals surface area contributed by atoms with Gasteiger partial charge in [-0.15, -0.1) is 0 Å². The minimum atomic E-state index is -2.94. The molecule has 13 heavy (non-hydrogen) atoms. The Balaban J connectivity index is 4.13. The Bertz CT molecular complexity index is 217. The normalized spacial score (nSPS) is 16.5. The molecule has 0 saturated heterocycles. The van der Waals surface area contributed by atoms with E-state index in [2.05, 4.69) is 20.5 Å². The second kappa shape index (κ2) is 6.46. The van der Waals surface area contributed by atoms with Crippen molar-refractivity contribution in [1.29, 1.82) is 0 Å². The van der Waals surface area contributed by atoms with Gasteiger partial charge in [-0.1, -0.05) is 15.9 Å². The van der Waals surface area contributed by atoms with E-state index in [-0.39, 0.29) is 0 Å². The van der Waals surface area contributed by atoms with Crippen LogP contribution in [0.15, 0.2) is 12.0 Å². The minimum absolute atomic E-state index is 0.518. The molecule has 0 spiro atoms. The van der Waals surface area contributed by atoms with E-state index in [1.54, 1.807) is 0 Å². The van der Waals surface area contributed by atoms with Gasteiger partial charge >= 0.3 is 7.60 Å². The second-order valence-electron chi connectivity index (χ2n) is 2.21. The van der Waals surface area contributed by atoms with E-state index >= 15 is 0 Å². The fourth-order valence-corrected chi connectivity index (χ4v) is 1.18. The molecule has 0 fully saturated rings. The number of alkyl halides is 1. The van der Waals surface area contributed by atoms with Gasteiger partial charge in [0.15, 0.2) is 0 Å². The first-order valence-electron chi connectivity index (χ1n) is 3.75. The van der Waals surface area contributed by atoms with Crippen molar-refractivity contribution in [1.82, 2.24) is 0 Å². The van der Waals surface area contributed by atoms with Crippen LogP contribution < -0.4 is 0 Å². The first kappa shape index (κ1) is 13.0. The highest BCUT2D eigenvalue weighted by Gasteiger charge is 2.13. The highest BCUT2D eigenvalue weighted by atomic mass is 79.9. The summed E-state index contributed by atoms with van der Waals surface area (Å²) < 4.78 is 25.9. The molecule has 0 radical (unpaired) electrons. The summed E-state index contributed by atoms with van der Waals surface area (Å²) in [5.74, 6) is 0.585. The van der Waals surface area contributed by atoms with Gasteiger partial charge < -0.3 is 13.8 Å². The van der Waals surface area contributed by atoms with Crippen molar-refractivity contribution in [2.24, 2.45) is 0 Å². The molecular weight excluding hydrogens is 259 g/mol. The number of hydrogen-bond donors (Lipinski definition) is 0. The number of halogens is 1. The summed E-state index contributed by atoms with van der Waals surface area (Å²) in [5.41, 5.74) is 0. The lowest BCUT2D eigenvalue weighted by Gasteiger charge is -2.10. The van der Waals surface area contributed by atoms with Crippen molar-refractivity contribution in [2.45, 2.75) is 6.92 Å². The quantitative estimate of drug-likeness (QED) is 0.424. The summed E-state index contributed by atoms with van der Waals surface area (Å²) >= 11 is 3.20. The van der Waals surface area contributed by atoms with Crippen molar-refractivity contribution in [2.75, 3.05) is 25.7 Å². The summed E-state index contributed by atoms with van der Waals surface area (Å²) in [6.07, 6.45) is 1.31. The first-order chi connectivity index (χ1) is 6.05. The van der Waals surface area contributed by atoms with Crippen molar-refractivity contribution in [3.8, 4) is 0 Å². The Morgan fingerprint density at radius 1 is 1.62 bits per heavy atom. The molecule has 0 heterocycles. The summed E-state index contributed by atoms with van der Waals surface area (Å²) in [4.78, 5) is 0. The fourth-order valence-electron chi connectivity index (χ4n) is 0.487. The third-order valence-electron chi connectivity index (χ3n) is 1.17. The highest BCUT2D eigenvalue weighted by molar-refractivity contribution is 9.09. The zero-order chi connectivity index (χ0) is 10.3. The molecule has 0 aromatic rings. The number of rotatable bonds is 6. The van der Waals surface area contributed by atoms with E-state index in [0.29, 0.717) is 17.7 Å². The number of ether oxygens (including phenoxy) is 1. The summed E-state index contributed by atoms with van der Waals surface area (Å²) in [7, 11) is -1.60. The van der Waals surface area contributed by atoms with Gasteiger partial charge in [0.25, 0.3) is 0 Å². The molecule has 4 nitrogen and oxygen atoms in total. The van der Waals surface area contributed by atoms with Crippen LogP contribution in [0.1, 0.15) is 6.92 Å². The van der Waals surface area contributed by atoms with Crippen LogP contribution in [-0.2, 0) is 18.3 Å². The van der Waals surface area contributed by atoms with E-state index in [1.165, 1.54) is 20.0 Å². The summed E-state index contributed by atoms with van der Waals surface area (Å²) in [6.45, 7) is 3.79. The van der Waals surface area contributed by atoms with Crippen LogP contribution in [0.5, 0.6) is 0 Å². The molecule has 78 valence electrons. The van der Waals surface area contributed by atoms with E-state index in [1.807, 2.05) is 6.92 Å². The van der Waals surface area contributed by atoms with Gasteiger partial charge in [-0.2, -0.15) is 0 Å². The molecule has 6 heteroatoms. The molecule has 1 atom stereocenters. The largest absolute Gasteiger partial charge is 0.494 e. The van der Waals surface area contributed by atoms with Crippen LogP contribution in [0, 0.1) is 0 Å². The molecule has 0 saturated carbocycles. The van der Waals surface area contributed by atoms with E-state index < -0.39 is 7.60 Å². The maximum Gasteiger partial charge on any atom is 0.375 e. The summed E-state index contributed by atoms with van der Waals surface area (Å²) in [5, 5.41) is 0.518. The van der Waals surface area contributed by atoms with E-state index in [9.17, 15) is 4.57 Å². The van der Waals surface area contributed by atoms with Crippen LogP contribution in [0.4, 0.5) is 0 Å². The lowest BCUT2D eigenvalue weighted by atomic mass is 10.6. The smallest absolute Gasteiger partial charge is 0.375 e. The topological polar surface area (TPSA) is 44.8 Å². The standard InChI is InChI=1S/C7H14BrO4P/c1-4-11-7(5-8)6-12-13(3,9)10-2/h6H,4-5H2,1-3H3/b7-6+. The van der Waals surface area contributed by atoms with Gasteiger partial charge in [0.05, 0.1) is 11.9 Å². The third-order valence-corrected chi connectivity index (χ3v) is 2.87. The average Bonchev–Trinajstić information content (AvgIpc) is 2.12. The van der Waals surface area contributed by atoms with Gasteiger partial charge in [-0.25, -0.2) is 4.57 Å². The van der Waals surface area contributed by atoms with Crippen LogP contribution in [0.3, 0.4) is 0 Å². The lowest BCUT2D eigenvalue weighted by molar-refractivity contribution is 0.217. The molecule has 1 unspecified atom stereocenters. The Kier molecular flexibility index (Phi) is 6.47. The third kappa shape index (κ3) is 6.13. The molecule has 0 rings (SSSR count). The zero-order valence-electron chi connectivity index (χ0n) is 7.95. The molecule has 0 aromatic heterocycles. The van der Waals surface area contributed by atoms with E-state index in [4.69, 9.17) is 9.26 Å². The minimum Gasteiger partial charge on any atom is -0.494 e. The molecule has 0 N–H and O–H groups in total. The Morgan fingerprint density at radius 2 is 2.23 bits per heavy atom. The Labute approximate surface area is 86.9 Å². The average molecular weight is 273 g/mol. The predicted molar refractivity (Wildman–Crippen MR) is 55.1 cm³/mol. The van der Waals surface area contributed by atoms with Gasteiger partial charge in [-0.05, 0) is 6.92 Å². The van der Waals surface area contributed by atoms with Crippen LogP contribution in [0.25, 0.3) is 0 Å². The lowest BCUT2D eigenvalue weighted by Crippen LogP contribution is -1.94. The maximum absolute atomic E-state index is 11.2. The number of hydrogen-bond acceptors (Lipinski definition) is 4. The molecule has 0 aliphatic carbocycles. The van der Waals surface area contributed by atoms with Crippen LogP contribution in [-0.4, -0.2) is 25.7 Å². The second-order valence-corrected chi connectivity index (χ2v) is 4.89. The van der Waals surface area contributed by atoms with Gasteiger partial charge in [0.2, 0.25) is 0 Å². The predicted octanol–water partition coefficient (Wildman–Crippen LogP) is 2.75. The highest BCUT2D eigenvalue weighted by Crippen LogP contribution is 2.43. The van der Waals surface area contributed by atoms with Gasteiger partial charge in [-0.3, -0.25) is 0 Å². The molecule has 0 aliphatic heterocycles. The van der Waals surface area contributed by atoms with Gasteiger partial charge in [0, 0.05) is 13.8 Å². The van der Waals surface area contributed by atoms with Crippen LogP contribution >= 0.6 is 23.5 Å². The molecule has 0 bridgehead atoms. The maximum atomic E-state index is 11.2. The monoisotopic (exact) mass is 272 g/mol. The van der Waals surface area contributed by atoms with Gasteiger partial charge in [0.1, 0.15) is 12.0 Å².